The lowest BCUT2D eigenvalue weighted by atomic mass is 9.88. The highest BCUT2D eigenvalue weighted by Crippen LogP contribution is 2.45. The van der Waals surface area contributed by atoms with Crippen LogP contribution in [0.1, 0.15) is 55.3 Å². The average Bonchev–Trinajstić information content (AvgIpc) is 3.58. The lowest BCUT2D eigenvalue weighted by molar-refractivity contribution is 0.0905. The topological polar surface area (TPSA) is 38.2 Å². The number of allylic oxidation sites excluding steroid dienone is 2. The van der Waals surface area contributed by atoms with Gasteiger partial charge in [-0.05, 0) is 75.9 Å². The zero-order chi connectivity index (χ0) is 21.7. The summed E-state index contributed by atoms with van der Waals surface area (Å²) in [5.41, 5.74) is 2.84. The van der Waals surface area contributed by atoms with Crippen LogP contribution in [-0.4, -0.2) is 89.3 Å². The van der Waals surface area contributed by atoms with Crippen molar-refractivity contribution in [3.05, 3.63) is 53.6 Å². The number of hydrogen-bond donors (Lipinski definition) is 0. The summed E-state index contributed by atoms with van der Waals surface area (Å²) in [4.78, 5) is 20.2. The number of likely N-dealkylation sites (tertiary alicyclic amines) is 1. The first-order valence-corrected chi connectivity index (χ1v) is 12.5. The zero-order valence-electron chi connectivity index (χ0n) is 19.5. The number of aliphatic imine (C=N–C) groups is 1. The van der Waals surface area contributed by atoms with Crippen LogP contribution >= 0.6 is 0 Å². The van der Waals surface area contributed by atoms with Gasteiger partial charge < -0.3 is 14.7 Å². The third kappa shape index (κ3) is 3.67. The van der Waals surface area contributed by atoms with Gasteiger partial charge in [0.1, 0.15) is 11.7 Å². The van der Waals surface area contributed by atoms with Crippen molar-refractivity contribution in [1.82, 2.24) is 24.6 Å². The van der Waals surface area contributed by atoms with E-state index in [1.807, 2.05) is 6.20 Å². The second-order valence-electron chi connectivity index (χ2n) is 10.3. The molecule has 0 spiro atoms. The molecule has 5 heterocycles. The molecule has 0 amide bonds. The van der Waals surface area contributed by atoms with Gasteiger partial charge in [-0.2, -0.15) is 0 Å². The van der Waals surface area contributed by atoms with E-state index >= 15 is 0 Å². The maximum Gasteiger partial charge on any atom is 0.129 e. The predicted molar refractivity (Wildman–Crippen MR) is 129 cm³/mol. The molecule has 3 atom stereocenters. The first-order chi connectivity index (χ1) is 15.7. The van der Waals surface area contributed by atoms with Gasteiger partial charge in [0.15, 0.2) is 0 Å². The molecule has 0 unspecified atom stereocenters. The van der Waals surface area contributed by atoms with Gasteiger partial charge in [-0.25, -0.2) is 0 Å². The third-order valence-corrected chi connectivity index (χ3v) is 8.18. The van der Waals surface area contributed by atoms with Gasteiger partial charge in [0.05, 0.1) is 17.8 Å². The summed E-state index contributed by atoms with van der Waals surface area (Å²) in [7, 11) is 4.54. The van der Waals surface area contributed by atoms with Crippen LogP contribution in [0.25, 0.3) is 0 Å². The van der Waals surface area contributed by atoms with Crippen LogP contribution in [0.2, 0.25) is 0 Å². The molecule has 0 bridgehead atoms. The Morgan fingerprint density at radius 1 is 1.00 bits per heavy atom. The maximum atomic E-state index is 5.26. The molecule has 0 aromatic carbocycles. The van der Waals surface area contributed by atoms with E-state index in [1.165, 1.54) is 49.2 Å². The molecule has 5 aliphatic rings. The Labute approximate surface area is 192 Å². The van der Waals surface area contributed by atoms with Crippen LogP contribution in [0.3, 0.4) is 0 Å². The van der Waals surface area contributed by atoms with Gasteiger partial charge in [0.25, 0.3) is 0 Å². The first kappa shape index (κ1) is 20.4. The SMILES string of the molecule is CN1CCN(C2=CC=CC3=N[C@@H]([C@H]4CCC[C@@H](c5ncccc5C5CC5)N4C)CN23)CC1. The van der Waals surface area contributed by atoms with Crippen molar-refractivity contribution in [2.45, 2.75) is 56.1 Å². The van der Waals surface area contributed by atoms with E-state index < -0.39 is 0 Å². The summed E-state index contributed by atoms with van der Waals surface area (Å²) < 4.78 is 0. The molecular formula is C26H36N6. The fourth-order valence-electron chi connectivity index (χ4n) is 6.13. The first-order valence-electron chi connectivity index (χ1n) is 12.5. The number of rotatable bonds is 4. The molecule has 170 valence electrons. The summed E-state index contributed by atoms with van der Waals surface area (Å²) in [6.07, 6.45) is 15.0. The number of pyridine rings is 1. The van der Waals surface area contributed by atoms with Crippen molar-refractivity contribution >= 4 is 5.84 Å². The number of piperidine rings is 1. The van der Waals surface area contributed by atoms with Crippen LogP contribution in [0.4, 0.5) is 0 Å². The van der Waals surface area contributed by atoms with Crippen molar-refractivity contribution in [1.29, 1.82) is 0 Å². The van der Waals surface area contributed by atoms with Gasteiger partial charge in [-0.15, -0.1) is 0 Å². The second-order valence-corrected chi connectivity index (χ2v) is 10.3. The van der Waals surface area contributed by atoms with Crippen LogP contribution in [-0.2, 0) is 0 Å². The molecule has 1 aromatic rings. The summed E-state index contributed by atoms with van der Waals surface area (Å²) in [6, 6.07) is 5.67. The largest absolute Gasteiger partial charge is 0.355 e. The van der Waals surface area contributed by atoms with Crippen LogP contribution in [0, 0.1) is 0 Å². The van der Waals surface area contributed by atoms with Crippen molar-refractivity contribution < 1.29 is 0 Å². The normalized spacial score (nSPS) is 31.5. The van der Waals surface area contributed by atoms with E-state index in [9.17, 15) is 0 Å². The lowest BCUT2D eigenvalue weighted by Gasteiger charge is -2.43. The Morgan fingerprint density at radius 3 is 2.66 bits per heavy atom. The van der Waals surface area contributed by atoms with Gasteiger partial charge in [0.2, 0.25) is 0 Å². The van der Waals surface area contributed by atoms with E-state index in [0.29, 0.717) is 18.1 Å². The van der Waals surface area contributed by atoms with E-state index in [2.05, 4.69) is 64.1 Å². The fourth-order valence-corrected chi connectivity index (χ4v) is 6.13. The molecule has 1 saturated carbocycles. The highest BCUT2D eigenvalue weighted by atomic mass is 15.4. The van der Waals surface area contributed by atoms with Gasteiger partial charge >= 0.3 is 0 Å². The molecule has 0 radical (unpaired) electrons. The van der Waals surface area contributed by atoms with Gasteiger partial charge in [0, 0.05) is 45.0 Å². The van der Waals surface area contributed by atoms with Gasteiger partial charge in [-0.1, -0.05) is 12.1 Å². The maximum absolute atomic E-state index is 5.26. The standard InChI is InChI=1S/C26H36N6/c1-29-14-16-31(17-15-29)25-10-4-9-24-28-21(18-32(24)25)22-7-3-8-23(30(22)2)26-20(19-11-12-19)6-5-13-27-26/h4-6,9-10,13,19,21-23H,3,7-8,11-12,14-18H2,1-2H3/t21-,22-,23+/m1/s1. The predicted octanol–water partition coefficient (Wildman–Crippen LogP) is 3.23. The third-order valence-electron chi connectivity index (χ3n) is 8.18. The molecule has 6 rings (SSSR count). The number of fused-ring (bicyclic) bond motifs is 1. The van der Waals surface area contributed by atoms with Crippen molar-refractivity contribution in [3.8, 4) is 0 Å². The minimum atomic E-state index is 0.324. The Bertz CT molecular complexity index is 939. The monoisotopic (exact) mass is 432 g/mol. The fraction of sp³-hybridized carbons (Fsp3) is 0.615. The molecule has 6 heteroatoms. The van der Waals surface area contributed by atoms with Gasteiger partial charge in [-0.3, -0.25) is 14.9 Å². The second kappa shape index (κ2) is 8.31. The van der Waals surface area contributed by atoms with Crippen LogP contribution in [0.5, 0.6) is 0 Å². The smallest absolute Gasteiger partial charge is 0.129 e. The molecule has 6 nitrogen and oxygen atoms in total. The summed E-state index contributed by atoms with van der Waals surface area (Å²) >= 11 is 0. The Morgan fingerprint density at radius 2 is 1.84 bits per heavy atom. The molecular weight excluding hydrogens is 396 g/mol. The molecule has 1 aliphatic carbocycles. The summed E-state index contributed by atoms with van der Waals surface area (Å²) in [5.74, 6) is 3.24. The highest BCUT2D eigenvalue weighted by Gasteiger charge is 2.41. The highest BCUT2D eigenvalue weighted by molar-refractivity contribution is 5.97. The minimum Gasteiger partial charge on any atom is -0.355 e. The quantitative estimate of drug-likeness (QED) is 0.730. The van der Waals surface area contributed by atoms with E-state index in [0.717, 1.165) is 44.5 Å². The van der Waals surface area contributed by atoms with Crippen molar-refractivity contribution in [3.63, 3.8) is 0 Å². The average molecular weight is 433 g/mol. The number of piperazine rings is 1. The Balaban J connectivity index is 1.20. The van der Waals surface area contributed by atoms with Crippen molar-refractivity contribution in [2.24, 2.45) is 4.99 Å². The number of likely N-dealkylation sites (N-methyl/N-ethyl adjacent to an activating group) is 2. The summed E-state index contributed by atoms with van der Waals surface area (Å²) in [6.45, 7) is 5.45. The van der Waals surface area contributed by atoms with Crippen molar-refractivity contribution in [2.75, 3.05) is 46.8 Å². The lowest BCUT2D eigenvalue weighted by Crippen LogP contribution is -2.50. The molecule has 32 heavy (non-hydrogen) atoms. The molecule has 2 saturated heterocycles. The molecule has 1 aromatic heterocycles. The van der Waals surface area contributed by atoms with Crippen LogP contribution in [0.15, 0.2) is 47.4 Å². The number of nitrogens with zero attached hydrogens (tertiary/aromatic N) is 6. The minimum absolute atomic E-state index is 0.324. The van der Waals surface area contributed by atoms with E-state index in [-0.39, 0.29) is 0 Å². The van der Waals surface area contributed by atoms with E-state index in [1.54, 1.807) is 0 Å². The summed E-state index contributed by atoms with van der Waals surface area (Å²) in [5, 5.41) is 0. The Kier molecular flexibility index (Phi) is 5.30. The zero-order valence-corrected chi connectivity index (χ0v) is 19.5. The molecule has 4 aliphatic heterocycles. The van der Waals surface area contributed by atoms with Crippen LogP contribution < -0.4 is 0 Å². The number of amidine groups is 1. The Hall–Kier alpha value is -2.18. The van der Waals surface area contributed by atoms with E-state index in [4.69, 9.17) is 9.98 Å². The molecule has 0 N–H and O–H groups in total. The molecule has 3 fully saturated rings. The number of hydrogen-bond acceptors (Lipinski definition) is 6. The number of aromatic nitrogens is 1.